The molecule has 0 saturated carbocycles. The number of carbonyl (C=O) groups is 1. The number of imidazole rings is 1. The summed E-state index contributed by atoms with van der Waals surface area (Å²) in [7, 11) is -2.48. The number of hydrogen-bond acceptors (Lipinski definition) is 5. The second-order valence-corrected chi connectivity index (χ2v) is 7.68. The molecular formula is C16H12Cl2N4O3S. The van der Waals surface area contributed by atoms with Gasteiger partial charge in [0.05, 0.1) is 10.6 Å². The molecule has 0 aliphatic carbocycles. The molecular weight excluding hydrogens is 399 g/mol. The Hall–Kier alpha value is -2.42. The summed E-state index contributed by atoms with van der Waals surface area (Å²) in [4.78, 5) is 20.3. The van der Waals surface area contributed by atoms with Gasteiger partial charge in [-0.3, -0.25) is 4.79 Å². The molecule has 0 saturated heterocycles. The van der Waals surface area contributed by atoms with E-state index in [2.05, 4.69) is 9.97 Å². The van der Waals surface area contributed by atoms with E-state index >= 15 is 0 Å². The lowest BCUT2D eigenvalue weighted by molar-refractivity contribution is 0.0977. The van der Waals surface area contributed by atoms with Crippen LogP contribution in [0.5, 0.6) is 0 Å². The smallest absolute Gasteiger partial charge is 0.285 e. The van der Waals surface area contributed by atoms with Gasteiger partial charge in [-0.25, -0.2) is 23.1 Å². The molecule has 3 rings (SSSR count). The highest BCUT2D eigenvalue weighted by molar-refractivity contribution is 7.90. The van der Waals surface area contributed by atoms with Gasteiger partial charge in [-0.2, -0.15) is 0 Å². The van der Waals surface area contributed by atoms with E-state index < -0.39 is 15.9 Å². The molecule has 7 nitrogen and oxygen atoms in total. The van der Waals surface area contributed by atoms with Crippen LogP contribution in [0.1, 0.15) is 10.5 Å². The maximum Gasteiger partial charge on any atom is 0.285 e. The van der Waals surface area contributed by atoms with Crippen LogP contribution in [0, 0.1) is 0 Å². The number of benzene rings is 1. The summed E-state index contributed by atoms with van der Waals surface area (Å²) in [6.45, 7) is 0. The lowest BCUT2D eigenvalue weighted by atomic mass is 10.3. The molecule has 0 bridgehead atoms. The van der Waals surface area contributed by atoms with Gasteiger partial charge >= 0.3 is 0 Å². The van der Waals surface area contributed by atoms with Crippen molar-refractivity contribution in [3.05, 3.63) is 64.7 Å². The average Bonchev–Trinajstić information content (AvgIpc) is 2.97. The zero-order valence-electron chi connectivity index (χ0n) is 13.3. The molecule has 1 aromatic carbocycles. The van der Waals surface area contributed by atoms with Crippen molar-refractivity contribution in [3.8, 4) is 11.4 Å². The Labute approximate surface area is 159 Å². The summed E-state index contributed by atoms with van der Waals surface area (Å²) >= 11 is 11.9. The molecule has 0 atom stereocenters. The summed E-state index contributed by atoms with van der Waals surface area (Å²) in [5.74, 6) is -0.504. The first-order valence-electron chi connectivity index (χ1n) is 7.25. The van der Waals surface area contributed by atoms with Crippen LogP contribution >= 0.6 is 23.2 Å². The minimum Gasteiger partial charge on any atom is -0.333 e. The number of nitrogens with zero attached hydrogens (tertiary/aromatic N) is 3. The maximum absolute atomic E-state index is 12.4. The Balaban J connectivity index is 1.91. The van der Waals surface area contributed by atoms with E-state index in [0.717, 1.165) is 0 Å². The lowest BCUT2D eigenvalue weighted by Crippen LogP contribution is -2.31. The highest BCUT2D eigenvalue weighted by Crippen LogP contribution is 2.25. The van der Waals surface area contributed by atoms with Gasteiger partial charge in [-0.05, 0) is 24.3 Å². The SMILES string of the molecule is Cn1cc(C(=O)NS(=O)(=O)c2ccccc2Cl)nc1-c1cccnc1Cl. The Morgan fingerprint density at radius 1 is 1.15 bits per heavy atom. The van der Waals surface area contributed by atoms with Crippen molar-refractivity contribution >= 4 is 39.1 Å². The highest BCUT2D eigenvalue weighted by atomic mass is 35.5. The minimum atomic E-state index is -4.13. The molecule has 0 spiro atoms. The second-order valence-electron chi connectivity index (χ2n) is 5.27. The molecule has 2 aromatic heterocycles. The fraction of sp³-hybridized carbons (Fsp3) is 0.0625. The summed E-state index contributed by atoms with van der Waals surface area (Å²) in [5.41, 5.74) is 0.433. The standard InChI is InChI=1S/C16H12Cl2N4O3S/c1-22-9-12(20-15(22)10-5-4-8-19-14(10)18)16(23)21-26(24,25)13-7-3-2-6-11(13)17/h2-9H,1H3,(H,21,23). The monoisotopic (exact) mass is 410 g/mol. The molecule has 1 amide bonds. The number of nitrogens with one attached hydrogen (secondary N) is 1. The minimum absolute atomic E-state index is 0.0108. The molecule has 0 radical (unpaired) electrons. The van der Waals surface area contributed by atoms with E-state index in [1.807, 2.05) is 4.72 Å². The van der Waals surface area contributed by atoms with Crippen LogP contribution in [0.25, 0.3) is 11.4 Å². The first kappa shape index (κ1) is 18.4. The van der Waals surface area contributed by atoms with E-state index in [0.29, 0.717) is 11.4 Å². The van der Waals surface area contributed by atoms with Crippen molar-refractivity contribution in [1.82, 2.24) is 19.3 Å². The van der Waals surface area contributed by atoms with Gasteiger partial charge < -0.3 is 4.57 Å². The number of aryl methyl sites for hydroxylation is 1. The van der Waals surface area contributed by atoms with Gasteiger partial charge in [0.2, 0.25) is 0 Å². The average molecular weight is 411 g/mol. The lowest BCUT2D eigenvalue weighted by Gasteiger charge is -2.06. The molecule has 10 heteroatoms. The van der Waals surface area contributed by atoms with Gasteiger partial charge in [0.15, 0.2) is 0 Å². The molecule has 3 aromatic rings. The van der Waals surface area contributed by atoms with Crippen molar-refractivity contribution in [2.75, 3.05) is 0 Å². The summed E-state index contributed by atoms with van der Waals surface area (Å²) in [6, 6.07) is 9.19. The highest BCUT2D eigenvalue weighted by Gasteiger charge is 2.23. The van der Waals surface area contributed by atoms with Crippen LogP contribution in [0.15, 0.2) is 53.7 Å². The Morgan fingerprint density at radius 2 is 1.88 bits per heavy atom. The fourth-order valence-corrected chi connectivity index (χ4v) is 3.96. The van der Waals surface area contributed by atoms with Crippen molar-refractivity contribution in [2.24, 2.45) is 7.05 Å². The van der Waals surface area contributed by atoms with Crippen molar-refractivity contribution in [2.45, 2.75) is 4.90 Å². The molecule has 0 aliphatic heterocycles. The molecule has 2 heterocycles. The third-order valence-electron chi connectivity index (χ3n) is 3.46. The largest absolute Gasteiger partial charge is 0.333 e. The van der Waals surface area contributed by atoms with E-state index in [1.165, 1.54) is 30.6 Å². The third kappa shape index (κ3) is 3.57. The van der Waals surface area contributed by atoms with Crippen LogP contribution in [-0.2, 0) is 17.1 Å². The van der Waals surface area contributed by atoms with E-state index in [4.69, 9.17) is 23.2 Å². The van der Waals surface area contributed by atoms with Crippen LogP contribution in [0.3, 0.4) is 0 Å². The summed E-state index contributed by atoms with van der Waals surface area (Å²) < 4.78 is 28.3. The van der Waals surface area contributed by atoms with Crippen molar-refractivity contribution in [3.63, 3.8) is 0 Å². The zero-order chi connectivity index (χ0) is 18.9. The van der Waals surface area contributed by atoms with Crippen molar-refractivity contribution in [1.29, 1.82) is 0 Å². The van der Waals surface area contributed by atoms with E-state index in [-0.39, 0.29) is 20.8 Å². The van der Waals surface area contributed by atoms with Gasteiger partial charge in [0.25, 0.3) is 15.9 Å². The van der Waals surface area contributed by atoms with Gasteiger partial charge in [-0.15, -0.1) is 0 Å². The normalized spacial score (nSPS) is 11.3. The van der Waals surface area contributed by atoms with Crippen LogP contribution in [0.2, 0.25) is 10.2 Å². The Bertz CT molecular complexity index is 1100. The number of hydrogen-bond donors (Lipinski definition) is 1. The molecule has 26 heavy (non-hydrogen) atoms. The van der Waals surface area contributed by atoms with Crippen LogP contribution in [0.4, 0.5) is 0 Å². The van der Waals surface area contributed by atoms with Gasteiger partial charge in [-0.1, -0.05) is 35.3 Å². The summed E-state index contributed by atoms with van der Waals surface area (Å²) in [6.07, 6.45) is 2.93. The third-order valence-corrected chi connectivity index (χ3v) is 5.59. The van der Waals surface area contributed by atoms with Crippen molar-refractivity contribution < 1.29 is 13.2 Å². The maximum atomic E-state index is 12.4. The number of carbonyl (C=O) groups excluding carboxylic acids is 1. The van der Waals surface area contributed by atoms with E-state index in [1.54, 1.807) is 29.8 Å². The summed E-state index contributed by atoms with van der Waals surface area (Å²) in [5, 5.41) is 0.230. The van der Waals surface area contributed by atoms with Gasteiger partial charge in [0, 0.05) is 19.4 Å². The number of rotatable bonds is 4. The number of halogens is 2. The number of pyridine rings is 1. The molecule has 0 fully saturated rings. The van der Waals surface area contributed by atoms with Crippen LogP contribution < -0.4 is 4.72 Å². The Morgan fingerprint density at radius 3 is 2.58 bits per heavy atom. The van der Waals surface area contributed by atoms with Crippen LogP contribution in [-0.4, -0.2) is 28.9 Å². The first-order chi connectivity index (χ1) is 12.3. The number of aromatic nitrogens is 3. The second kappa shape index (κ2) is 7.06. The number of sulfonamides is 1. The number of amides is 1. The fourth-order valence-electron chi connectivity index (χ4n) is 2.27. The zero-order valence-corrected chi connectivity index (χ0v) is 15.7. The molecule has 0 unspecified atom stereocenters. The predicted molar refractivity (Wildman–Crippen MR) is 97.6 cm³/mol. The predicted octanol–water partition coefficient (Wildman–Crippen LogP) is 2.91. The van der Waals surface area contributed by atoms with Gasteiger partial charge in [0.1, 0.15) is 21.6 Å². The quantitative estimate of drug-likeness (QED) is 0.667. The van der Waals surface area contributed by atoms with E-state index in [9.17, 15) is 13.2 Å². The first-order valence-corrected chi connectivity index (χ1v) is 9.49. The topological polar surface area (TPSA) is 94.0 Å². The molecule has 1 N–H and O–H groups in total. The molecule has 0 aliphatic rings. The molecule has 134 valence electrons. The Kier molecular flexibility index (Phi) is 4.99.